The number of ether oxygens (including phenoxy) is 1. The van der Waals surface area contributed by atoms with E-state index in [0.29, 0.717) is 24.4 Å². The van der Waals surface area contributed by atoms with Crippen molar-refractivity contribution < 1.29 is 19.4 Å². The first-order chi connectivity index (χ1) is 15.7. The van der Waals surface area contributed by atoms with Gasteiger partial charge in [0, 0.05) is 13.1 Å². The van der Waals surface area contributed by atoms with Gasteiger partial charge in [0.15, 0.2) is 0 Å². The number of hydrogen-bond acceptors (Lipinski definition) is 5. The summed E-state index contributed by atoms with van der Waals surface area (Å²) < 4.78 is 5.56. The molecule has 2 aromatic rings. The van der Waals surface area contributed by atoms with E-state index in [9.17, 15) is 14.7 Å². The summed E-state index contributed by atoms with van der Waals surface area (Å²) in [6.45, 7) is 12.7. The predicted molar refractivity (Wildman–Crippen MR) is 130 cm³/mol. The van der Waals surface area contributed by atoms with Crippen molar-refractivity contribution in [2.75, 3.05) is 33.3 Å². The number of nitrogens with zero attached hydrogens (tertiary/aromatic N) is 2. The van der Waals surface area contributed by atoms with Gasteiger partial charge in [-0.25, -0.2) is 0 Å². The normalized spacial score (nSPS) is 17.8. The molecule has 1 heterocycles. The highest BCUT2D eigenvalue weighted by molar-refractivity contribution is 6.46. The largest absolute Gasteiger partial charge is 0.507 e. The number of aliphatic hydroxyl groups excluding tert-OH is 1. The number of aryl methyl sites for hydroxylation is 3. The molecule has 0 aromatic heterocycles. The maximum absolute atomic E-state index is 13.3. The van der Waals surface area contributed by atoms with Crippen molar-refractivity contribution >= 4 is 17.4 Å². The molecule has 33 heavy (non-hydrogen) atoms. The van der Waals surface area contributed by atoms with Gasteiger partial charge in [-0.3, -0.25) is 9.59 Å². The van der Waals surface area contributed by atoms with Crippen molar-refractivity contribution in [3.8, 4) is 5.75 Å². The van der Waals surface area contributed by atoms with E-state index < -0.39 is 17.7 Å². The fourth-order valence-corrected chi connectivity index (χ4v) is 4.63. The maximum atomic E-state index is 13.3. The number of carbonyl (C=O) groups excluding carboxylic acids is 2. The first-order valence-corrected chi connectivity index (χ1v) is 11.5. The summed E-state index contributed by atoms with van der Waals surface area (Å²) in [5.41, 5.74) is 4.13. The van der Waals surface area contributed by atoms with Crippen LogP contribution >= 0.6 is 0 Å². The van der Waals surface area contributed by atoms with Gasteiger partial charge < -0.3 is 19.6 Å². The van der Waals surface area contributed by atoms with Gasteiger partial charge in [-0.05, 0) is 56.6 Å². The summed E-state index contributed by atoms with van der Waals surface area (Å²) >= 11 is 0. The van der Waals surface area contributed by atoms with Crippen LogP contribution in [0.3, 0.4) is 0 Å². The average molecular weight is 451 g/mol. The second-order valence-electron chi connectivity index (χ2n) is 8.60. The van der Waals surface area contributed by atoms with Crippen molar-refractivity contribution in [1.82, 2.24) is 9.80 Å². The van der Waals surface area contributed by atoms with E-state index in [4.69, 9.17) is 4.74 Å². The van der Waals surface area contributed by atoms with Crippen LogP contribution in [0.1, 0.15) is 47.7 Å². The third-order valence-electron chi connectivity index (χ3n) is 6.33. The lowest BCUT2D eigenvalue weighted by atomic mass is 9.93. The number of Topliss-reactive ketones (excluding diaryl/α,β-unsaturated/α-hetero) is 1. The molecule has 0 aliphatic carbocycles. The molecule has 1 unspecified atom stereocenters. The summed E-state index contributed by atoms with van der Waals surface area (Å²) in [6, 6.07) is 10.8. The van der Waals surface area contributed by atoms with Crippen molar-refractivity contribution in [3.05, 3.63) is 69.8 Å². The Hall–Kier alpha value is -3.12. The SMILES string of the molecule is CCN(CC)CCN1C(=O)C(=O)/C(=C(/O)c2cc(C)cc(C)c2OC)C1c1cccc(C)c1. The molecule has 0 spiro atoms. The Bertz CT molecular complexity index is 1090. The molecule has 0 saturated carbocycles. The van der Waals surface area contributed by atoms with Crippen molar-refractivity contribution in [3.63, 3.8) is 0 Å². The van der Waals surface area contributed by atoms with Crippen LogP contribution in [0.15, 0.2) is 42.0 Å². The molecule has 0 radical (unpaired) electrons. The molecule has 2 aromatic carbocycles. The standard InChI is InChI=1S/C27H34N2O4/c1-7-28(8-2)12-13-29-23(20-11-9-10-17(3)15-20)22(25(31)27(29)32)24(30)21-16-18(4)14-19(5)26(21)33-6/h9-11,14-16,23,30H,7-8,12-13H2,1-6H3/b24-22+. The molecule has 6 nitrogen and oxygen atoms in total. The third kappa shape index (κ3) is 4.81. The van der Waals surface area contributed by atoms with Gasteiger partial charge in [0.05, 0.1) is 24.3 Å². The van der Waals surface area contributed by atoms with E-state index >= 15 is 0 Å². The van der Waals surface area contributed by atoms with Crippen LogP contribution in [0, 0.1) is 20.8 Å². The van der Waals surface area contributed by atoms with E-state index in [2.05, 4.69) is 18.7 Å². The van der Waals surface area contributed by atoms with Gasteiger partial charge in [-0.1, -0.05) is 49.7 Å². The van der Waals surface area contributed by atoms with E-state index in [1.54, 1.807) is 11.0 Å². The number of hydrogen-bond donors (Lipinski definition) is 1. The quantitative estimate of drug-likeness (QED) is 0.367. The van der Waals surface area contributed by atoms with E-state index in [0.717, 1.165) is 35.3 Å². The minimum Gasteiger partial charge on any atom is -0.507 e. The van der Waals surface area contributed by atoms with Crippen LogP contribution in [0.4, 0.5) is 0 Å². The lowest BCUT2D eigenvalue weighted by Gasteiger charge is -2.28. The summed E-state index contributed by atoms with van der Waals surface area (Å²) in [5.74, 6) is -0.956. The number of methoxy groups -OCH3 is 1. The Morgan fingerprint density at radius 1 is 1.06 bits per heavy atom. The molecule has 6 heteroatoms. The molecule has 1 aliphatic rings. The fraction of sp³-hybridized carbons (Fsp3) is 0.407. The van der Waals surface area contributed by atoms with Crippen LogP contribution in [0.5, 0.6) is 5.75 Å². The van der Waals surface area contributed by atoms with Crippen molar-refractivity contribution in [1.29, 1.82) is 0 Å². The second kappa shape index (κ2) is 10.2. The molecule has 0 bridgehead atoms. The number of amides is 1. The van der Waals surface area contributed by atoms with Gasteiger partial charge in [0.2, 0.25) is 0 Å². The lowest BCUT2D eigenvalue weighted by Crippen LogP contribution is -2.38. The van der Waals surface area contributed by atoms with Crippen LogP contribution < -0.4 is 4.74 Å². The Morgan fingerprint density at radius 3 is 2.36 bits per heavy atom. The molecular formula is C27H34N2O4. The van der Waals surface area contributed by atoms with Gasteiger partial charge >= 0.3 is 0 Å². The molecule has 1 saturated heterocycles. The Morgan fingerprint density at radius 2 is 1.76 bits per heavy atom. The number of ketones is 1. The van der Waals surface area contributed by atoms with Gasteiger partial charge in [0.25, 0.3) is 11.7 Å². The molecule has 176 valence electrons. The van der Waals surface area contributed by atoms with E-state index in [1.165, 1.54) is 7.11 Å². The maximum Gasteiger partial charge on any atom is 0.295 e. The van der Waals surface area contributed by atoms with Gasteiger partial charge in [0.1, 0.15) is 11.5 Å². The van der Waals surface area contributed by atoms with Crippen LogP contribution in [-0.2, 0) is 9.59 Å². The first kappa shape index (κ1) is 24.5. The smallest absolute Gasteiger partial charge is 0.295 e. The second-order valence-corrected chi connectivity index (χ2v) is 8.60. The molecule has 1 N–H and O–H groups in total. The number of likely N-dealkylation sites (tertiary alicyclic amines) is 1. The van der Waals surface area contributed by atoms with E-state index in [-0.39, 0.29) is 11.3 Å². The summed E-state index contributed by atoms with van der Waals surface area (Å²) in [4.78, 5) is 30.3. The molecule has 1 fully saturated rings. The number of carbonyl (C=O) groups is 2. The lowest BCUT2D eigenvalue weighted by molar-refractivity contribution is -0.140. The highest BCUT2D eigenvalue weighted by atomic mass is 16.5. The monoisotopic (exact) mass is 450 g/mol. The first-order valence-electron chi connectivity index (χ1n) is 11.5. The predicted octanol–water partition coefficient (Wildman–Crippen LogP) is 4.38. The molecule has 1 atom stereocenters. The zero-order valence-corrected chi connectivity index (χ0v) is 20.4. The number of likely N-dealkylation sites (N-methyl/N-ethyl adjacent to an activating group) is 1. The van der Waals surface area contributed by atoms with Crippen LogP contribution in [0.2, 0.25) is 0 Å². The number of rotatable bonds is 8. The van der Waals surface area contributed by atoms with Crippen molar-refractivity contribution in [2.24, 2.45) is 0 Å². The minimum absolute atomic E-state index is 0.105. The minimum atomic E-state index is -0.667. The Labute approximate surface area is 196 Å². The zero-order chi connectivity index (χ0) is 24.3. The van der Waals surface area contributed by atoms with Gasteiger partial charge in [-0.2, -0.15) is 0 Å². The van der Waals surface area contributed by atoms with Gasteiger partial charge in [-0.15, -0.1) is 0 Å². The molecular weight excluding hydrogens is 416 g/mol. The topological polar surface area (TPSA) is 70.1 Å². The molecule has 3 rings (SSSR count). The van der Waals surface area contributed by atoms with Crippen LogP contribution in [-0.4, -0.2) is 59.9 Å². The number of aliphatic hydroxyl groups is 1. The molecule has 1 aliphatic heterocycles. The highest BCUT2D eigenvalue weighted by Crippen LogP contribution is 2.41. The summed E-state index contributed by atoms with van der Waals surface area (Å²) in [5, 5.41) is 11.4. The number of benzene rings is 2. The van der Waals surface area contributed by atoms with Crippen LogP contribution in [0.25, 0.3) is 5.76 Å². The average Bonchev–Trinajstić information content (AvgIpc) is 3.03. The van der Waals surface area contributed by atoms with E-state index in [1.807, 2.05) is 51.1 Å². The summed E-state index contributed by atoms with van der Waals surface area (Å²) in [6.07, 6.45) is 0. The summed E-state index contributed by atoms with van der Waals surface area (Å²) in [7, 11) is 1.54. The highest BCUT2D eigenvalue weighted by Gasteiger charge is 2.46. The Kier molecular flexibility index (Phi) is 7.59. The molecule has 1 amide bonds. The Balaban J connectivity index is 2.20. The zero-order valence-electron chi connectivity index (χ0n) is 20.4. The van der Waals surface area contributed by atoms with Crippen molar-refractivity contribution in [2.45, 2.75) is 40.7 Å². The fourth-order valence-electron chi connectivity index (χ4n) is 4.63. The third-order valence-corrected chi connectivity index (χ3v) is 6.33.